The van der Waals surface area contributed by atoms with Crippen molar-refractivity contribution in [1.29, 1.82) is 5.26 Å². The lowest BCUT2D eigenvalue weighted by molar-refractivity contribution is -0.121. The molecule has 4 nitrogen and oxygen atoms in total. The number of nitriles is 1. The Labute approximate surface area is 129 Å². The van der Waals surface area contributed by atoms with Crippen molar-refractivity contribution in [3.63, 3.8) is 0 Å². The first-order valence-electron chi connectivity index (χ1n) is 6.20. The Hall–Kier alpha value is -1.44. The molecule has 1 aromatic rings. The van der Waals surface area contributed by atoms with Gasteiger partial charge in [0.15, 0.2) is 0 Å². The van der Waals surface area contributed by atoms with Gasteiger partial charge in [0.05, 0.1) is 28.3 Å². The van der Waals surface area contributed by atoms with E-state index < -0.39 is 5.54 Å². The molecule has 1 atom stereocenters. The van der Waals surface area contributed by atoms with Crippen LogP contribution >= 0.6 is 23.2 Å². The highest BCUT2D eigenvalue weighted by molar-refractivity contribution is 6.43. The molecule has 0 aliphatic heterocycles. The Morgan fingerprint density at radius 3 is 2.65 bits per heavy atom. The average Bonchev–Trinajstić information content (AvgIpc) is 2.40. The molecule has 1 amide bonds. The van der Waals surface area contributed by atoms with E-state index in [9.17, 15) is 4.79 Å². The number of anilines is 1. The number of halogens is 2. The lowest BCUT2D eigenvalue weighted by atomic mass is 9.90. The van der Waals surface area contributed by atoms with Gasteiger partial charge in [0.25, 0.3) is 0 Å². The fraction of sp³-hybridized carbons (Fsp3) is 0.429. The number of benzene rings is 1. The molecule has 0 aliphatic rings. The summed E-state index contributed by atoms with van der Waals surface area (Å²) >= 11 is 11.9. The van der Waals surface area contributed by atoms with Crippen molar-refractivity contribution in [2.45, 2.75) is 26.3 Å². The van der Waals surface area contributed by atoms with Crippen molar-refractivity contribution in [3.8, 4) is 6.07 Å². The molecule has 0 saturated carbocycles. The summed E-state index contributed by atoms with van der Waals surface area (Å²) in [6.45, 7) is 5.47. The van der Waals surface area contributed by atoms with Gasteiger partial charge in [-0.05, 0) is 25.0 Å². The summed E-state index contributed by atoms with van der Waals surface area (Å²) in [6.07, 6.45) is 0. The zero-order valence-corrected chi connectivity index (χ0v) is 13.1. The van der Waals surface area contributed by atoms with Gasteiger partial charge in [0.1, 0.15) is 5.54 Å². The monoisotopic (exact) mass is 313 g/mol. The van der Waals surface area contributed by atoms with Crippen LogP contribution in [0.4, 0.5) is 5.69 Å². The van der Waals surface area contributed by atoms with Crippen molar-refractivity contribution in [2.24, 2.45) is 5.92 Å². The van der Waals surface area contributed by atoms with E-state index in [4.69, 9.17) is 28.5 Å². The van der Waals surface area contributed by atoms with Gasteiger partial charge in [-0.15, -0.1) is 0 Å². The van der Waals surface area contributed by atoms with E-state index in [1.165, 1.54) is 0 Å². The number of rotatable bonds is 5. The summed E-state index contributed by atoms with van der Waals surface area (Å²) in [4.78, 5) is 11.9. The maximum absolute atomic E-state index is 11.9. The average molecular weight is 314 g/mol. The van der Waals surface area contributed by atoms with Gasteiger partial charge in [-0.3, -0.25) is 4.79 Å². The third-order valence-corrected chi connectivity index (χ3v) is 4.00. The van der Waals surface area contributed by atoms with Crippen LogP contribution in [0.25, 0.3) is 0 Å². The van der Waals surface area contributed by atoms with Crippen LogP contribution in [-0.2, 0) is 4.79 Å². The maximum Gasteiger partial charge on any atom is 0.240 e. The van der Waals surface area contributed by atoms with Crippen molar-refractivity contribution in [2.75, 3.05) is 11.9 Å². The first-order valence-corrected chi connectivity index (χ1v) is 6.96. The van der Waals surface area contributed by atoms with E-state index in [0.717, 1.165) is 0 Å². The SMILES string of the molecule is CC(C)[C@](C)(C#N)NC(=O)CNc1cccc(Cl)c1Cl. The Bertz CT molecular complexity index is 540. The van der Waals surface area contributed by atoms with Crippen molar-refractivity contribution in [1.82, 2.24) is 5.32 Å². The molecule has 1 rings (SSSR count). The second kappa shape index (κ2) is 6.83. The minimum absolute atomic E-state index is 0.00575. The minimum atomic E-state index is -0.892. The van der Waals surface area contributed by atoms with E-state index >= 15 is 0 Å². The molecular formula is C14H17Cl2N3O. The third-order valence-electron chi connectivity index (χ3n) is 3.18. The van der Waals surface area contributed by atoms with Gasteiger partial charge in [-0.1, -0.05) is 43.1 Å². The van der Waals surface area contributed by atoms with E-state index in [2.05, 4.69) is 16.7 Å². The summed E-state index contributed by atoms with van der Waals surface area (Å²) in [7, 11) is 0. The first-order chi connectivity index (χ1) is 9.30. The van der Waals surface area contributed by atoms with E-state index in [-0.39, 0.29) is 18.4 Å². The predicted molar refractivity (Wildman–Crippen MR) is 82.0 cm³/mol. The van der Waals surface area contributed by atoms with Crippen molar-refractivity contribution >= 4 is 34.8 Å². The van der Waals surface area contributed by atoms with Gasteiger partial charge >= 0.3 is 0 Å². The number of hydrogen-bond donors (Lipinski definition) is 2. The lowest BCUT2D eigenvalue weighted by Gasteiger charge is -2.27. The summed E-state index contributed by atoms with van der Waals surface area (Å²) in [6, 6.07) is 7.26. The quantitative estimate of drug-likeness (QED) is 0.875. The third kappa shape index (κ3) is 4.03. The molecule has 0 radical (unpaired) electrons. The predicted octanol–water partition coefficient (Wildman–Crippen LogP) is 3.46. The zero-order valence-electron chi connectivity index (χ0n) is 11.6. The summed E-state index contributed by atoms with van der Waals surface area (Å²) in [5.41, 5.74) is -0.311. The topological polar surface area (TPSA) is 64.9 Å². The van der Waals surface area contributed by atoms with Gasteiger partial charge in [0, 0.05) is 0 Å². The Morgan fingerprint density at radius 1 is 1.45 bits per heavy atom. The molecule has 0 aliphatic carbocycles. The summed E-state index contributed by atoms with van der Waals surface area (Å²) in [5.74, 6) is -0.273. The standard InChI is InChI=1S/C14H17Cl2N3O/c1-9(2)14(3,8-17)19-12(20)7-18-11-6-4-5-10(15)13(11)16/h4-6,9,18H,7H2,1-3H3,(H,19,20)/t14-/m0/s1. The van der Waals surface area contributed by atoms with Crippen LogP contribution in [0, 0.1) is 17.2 Å². The highest BCUT2D eigenvalue weighted by Gasteiger charge is 2.29. The Balaban J connectivity index is 2.65. The Kier molecular flexibility index (Phi) is 5.67. The smallest absolute Gasteiger partial charge is 0.240 e. The normalized spacial score (nSPS) is 13.4. The lowest BCUT2D eigenvalue weighted by Crippen LogP contribution is -2.50. The maximum atomic E-state index is 11.9. The van der Waals surface area contributed by atoms with Gasteiger partial charge < -0.3 is 10.6 Å². The van der Waals surface area contributed by atoms with Gasteiger partial charge in [0.2, 0.25) is 5.91 Å². The molecule has 6 heteroatoms. The van der Waals surface area contributed by atoms with E-state index in [1.807, 2.05) is 13.8 Å². The largest absolute Gasteiger partial charge is 0.375 e. The molecule has 0 saturated heterocycles. The minimum Gasteiger partial charge on any atom is -0.375 e. The van der Waals surface area contributed by atoms with Crippen LogP contribution in [0.15, 0.2) is 18.2 Å². The number of hydrogen-bond acceptors (Lipinski definition) is 3. The molecule has 0 fully saturated rings. The molecule has 0 unspecified atom stereocenters. The number of carbonyl (C=O) groups is 1. The molecule has 2 N–H and O–H groups in total. The second-order valence-electron chi connectivity index (χ2n) is 4.97. The number of nitrogens with zero attached hydrogens (tertiary/aromatic N) is 1. The molecule has 0 spiro atoms. The van der Waals surface area contributed by atoms with Crippen LogP contribution in [0.2, 0.25) is 10.0 Å². The van der Waals surface area contributed by atoms with Crippen LogP contribution in [-0.4, -0.2) is 18.0 Å². The van der Waals surface area contributed by atoms with Crippen LogP contribution in [0.3, 0.4) is 0 Å². The summed E-state index contributed by atoms with van der Waals surface area (Å²) < 4.78 is 0. The number of carbonyl (C=O) groups excluding carboxylic acids is 1. The molecule has 1 aromatic carbocycles. The molecule has 108 valence electrons. The highest BCUT2D eigenvalue weighted by Crippen LogP contribution is 2.29. The number of amides is 1. The van der Waals surface area contributed by atoms with Crippen molar-refractivity contribution < 1.29 is 4.79 Å². The van der Waals surface area contributed by atoms with Crippen LogP contribution in [0.1, 0.15) is 20.8 Å². The van der Waals surface area contributed by atoms with Crippen molar-refractivity contribution in [3.05, 3.63) is 28.2 Å². The summed E-state index contributed by atoms with van der Waals surface area (Å²) in [5, 5.41) is 15.5. The fourth-order valence-corrected chi connectivity index (χ4v) is 1.82. The zero-order chi connectivity index (χ0) is 15.3. The van der Waals surface area contributed by atoms with Gasteiger partial charge in [-0.2, -0.15) is 5.26 Å². The highest BCUT2D eigenvalue weighted by atomic mass is 35.5. The molecular weight excluding hydrogens is 297 g/mol. The van der Waals surface area contributed by atoms with Crippen LogP contribution in [0.5, 0.6) is 0 Å². The van der Waals surface area contributed by atoms with E-state index in [0.29, 0.717) is 15.7 Å². The Morgan fingerprint density at radius 2 is 2.10 bits per heavy atom. The molecule has 20 heavy (non-hydrogen) atoms. The van der Waals surface area contributed by atoms with E-state index in [1.54, 1.807) is 25.1 Å². The fourth-order valence-electron chi connectivity index (χ4n) is 1.45. The second-order valence-corrected chi connectivity index (χ2v) is 5.76. The molecule has 0 aromatic heterocycles. The van der Waals surface area contributed by atoms with Gasteiger partial charge in [-0.25, -0.2) is 0 Å². The first kappa shape index (κ1) is 16.6. The molecule has 0 bridgehead atoms. The molecule has 0 heterocycles. The van der Waals surface area contributed by atoms with Crippen LogP contribution < -0.4 is 10.6 Å². The number of nitrogens with one attached hydrogen (secondary N) is 2.